The number of benzene rings is 2. The topological polar surface area (TPSA) is 23.5 Å². The normalized spacial score (nSPS) is 29.2. The third kappa shape index (κ3) is 2.72. The summed E-state index contributed by atoms with van der Waals surface area (Å²) in [5, 5.41) is 9.97. The van der Waals surface area contributed by atoms with Gasteiger partial charge in [0, 0.05) is 18.5 Å². The molecule has 2 aromatic carbocycles. The van der Waals surface area contributed by atoms with Crippen LogP contribution in [0.15, 0.2) is 36.4 Å². The Balaban J connectivity index is 1.36. The Morgan fingerprint density at radius 3 is 2.71 bits per heavy atom. The first-order chi connectivity index (χ1) is 13.5. The molecule has 5 rings (SSSR count). The number of piperidine rings is 1. The number of hydrogen-bond acceptors (Lipinski definition) is 2. The summed E-state index contributed by atoms with van der Waals surface area (Å²) in [5.41, 5.74) is 8.10. The molecule has 1 saturated carbocycles. The highest BCUT2D eigenvalue weighted by Gasteiger charge is 2.59. The molecule has 0 bridgehead atoms. The van der Waals surface area contributed by atoms with E-state index in [4.69, 9.17) is 0 Å². The van der Waals surface area contributed by atoms with Gasteiger partial charge in [0.1, 0.15) is 5.75 Å². The first-order valence-corrected chi connectivity index (χ1v) is 11.1. The minimum atomic E-state index is 0.366. The van der Waals surface area contributed by atoms with Gasteiger partial charge in [-0.05, 0) is 104 Å². The van der Waals surface area contributed by atoms with E-state index in [-0.39, 0.29) is 0 Å². The molecule has 1 saturated heterocycles. The van der Waals surface area contributed by atoms with Crippen molar-refractivity contribution in [2.45, 2.75) is 64.2 Å². The molecule has 2 aliphatic carbocycles. The molecule has 1 aliphatic heterocycles. The summed E-state index contributed by atoms with van der Waals surface area (Å²) >= 11 is 0. The second-order valence-corrected chi connectivity index (χ2v) is 9.75. The second kappa shape index (κ2) is 6.62. The highest BCUT2D eigenvalue weighted by atomic mass is 16.3. The molecule has 2 aromatic rings. The number of fused-ring (bicyclic) bond motifs is 1. The predicted molar refractivity (Wildman–Crippen MR) is 115 cm³/mol. The van der Waals surface area contributed by atoms with E-state index in [1.807, 2.05) is 12.1 Å². The fraction of sp³-hybridized carbons (Fsp3) is 0.538. The second-order valence-electron chi connectivity index (χ2n) is 9.75. The maximum absolute atomic E-state index is 9.97. The van der Waals surface area contributed by atoms with Crippen molar-refractivity contribution in [3.63, 3.8) is 0 Å². The van der Waals surface area contributed by atoms with Crippen LogP contribution in [-0.2, 0) is 18.3 Å². The summed E-state index contributed by atoms with van der Waals surface area (Å²) in [5.74, 6) is 0.437. The van der Waals surface area contributed by atoms with Crippen molar-refractivity contribution >= 4 is 0 Å². The van der Waals surface area contributed by atoms with E-state index >= 15 is 0 Å². The average Bonchev–Trinajstić information content (AvgIpc) is 3.08. The van der Waals surface area contributed by atoms with Crippen molar-refractivity contribution in [2.24, 2.45) is 5.41 Å². The van der Waals surface area contributed by atoms with Crippen molar-refractivity contribution in [3.05, 3.63) is 64.2 Å². The van der Waals surface area contributed by atoms with Gasteiger partial charge >= 0.3 is 0 Å². The average molecular weight is 376 g/mol. The SMILES string of the molecule is Cc1ccc(CCN2CCC34CCCC3(CCc3cc(O)ccc34)C2)cc1C. The van der Waals surface area contributed by atoms with Crippen LogP contribution >= 0.6 is 0 Å². The highest BCUT2D eigenvalue weighted by Crippen LogP contribution is 2.63. The van der Waals surface area contributed by atoms with Crippen molar-refractivity contribution in [2.75, 3.05) is 19.6 Å². The number of rotatable bonds is 3. The van der Waals surface area contributed by atoms with E-state index < -0.39 is 0 Å². The molecule has 2 unspecified atom stereocenters. The van der Waals surface area contributed by atoms with Gasteiger partial charge < -0.3 is 10.0 Å². The summed E-state index contributed by atoms with van der Waals surface area (Å²) in [6.45, 7) is 8.08. The van der Waals surface area contributed by atoms with Crippen LogP contribution in [-0.4, -0.2) is 29.6 Å². The Bertz CT molecular complexity index is 903. The summed E-state index contributed by atoms with van der Waals surface area (Å²) in [6.07, 6.45) is 8.97. The summed E-state index contributed by atoms with van der Waals surface area (Å²) in [4.78, 5) is 2.75. The molecule has 2 nitrogen and oxygen atoms in total. The molecule has 1 heterocycles. The van der Waals surface area contributed by atoms with Crippen LogP contribution in [0.5, 0.6) is 5.75 Å². The Morgan fingerprint density at radius 2 is 1.86 bits per heavy atom. The van der Waals surface area contributed by atoms with Gasteiger partial charge in [-0.25, -0.2) is 0 Å². The molecule has 0 aromatic heterocycles. The Kier molecular flexibility index (Phi) is 4.32. The highest BCUT2D eigenvalue weighted by molar-refractivity contribution is 5.45. The molecule has 148 valence electrons. The van der Waals surface area contributed by atoms with Gasteiger partial charge in [-0.2, -0.15) is 0 Å². The van der Waals surface area contributed by atoms with Crippen LogP contribution in [0.4, 0.5) is 0 Å². The fourth-order valence-corrected chi connectivity index (χ4v) is 6.77. The molecule has 2 heteroatoms. The van der Waals surface area contributed by atoms with Crippen molar-refractivity contribution < 1.29 is 5.11 Å². The van der Waals surface area contributed by atoms with Crippen LogP contribution in [0.2, 0.25) is 0 Å². The molecule has 0 amide bonds. The van der Waals surface area contributed by atoms with Crippen molar-refractivity contribution in [1.82, 2.24) is 4.90 Å². The summed E-state index contributed by atoms with van der Waals surface area (Å²) in [7, 11) is 0. The number of phenolic OH excluding ortho intramolecular Hbond substituents is 1. The molecular formula is C26H33NO. The van der Waals surface area contributed by atoms with Crippen LogP contribution < -0.4 is 0 Å². The first-order valence-electron chi connectivity index (χ1n) is 11.1. The third-order valence-electron chi connectivity index (χ3n) is 8.42. The van der Waals surface area contributed by atoms with Crippen LogP contribution in [0, 0.1) is 19.3 Å². The van der Waals surface area contributed by atoms with Crippen LogP contribution in [0.25, 0.3) is 0 Å². The minimum absolute atomic E-state index is 0.366. The van der Waals surface area contributed by atoms with Gasteiger partial charge in [0.05, 0.1) is 0 Å². The molecule has 1 N–H and O–H groups in total. The van der Waals surface area contributed by atoms with Gasteiger partial charge in [-0.15, -0.1) is 0 Å². The lowest BCUT2D eigenvalue weighted by Crippen LogP contribution is -2.57. The number of likely N-dealkylation sites (tertiary alicyclic amines) is 1. The van der Waals surface area contributed by atoms with E-state index in [2.05, 4.69) is 43.0 Å². The van der Waals surface area contributed by atoms with Crippen LogP contribution in [0.3, 0.4) is 0 Å². The Labute approximate surface area is 169 Å². The van der Waals surface area contributed by atoms with Gasteiger partial charge in [0.25, 0.3) is 0 Å². The first kappa shape index (κ1) is 18.2. The van der Waals surface area contributed by atoms with Gasteiger partial charge in [0.15, 0.2) is 0 Å². The van der Waals surface area contributed by atoms with E-state index in [0.29, 0.717) is 16.6 Å². The summed E-state index contributed by atoms with van der Waals surface area (Å²) in [6, 6.07) is 13.2. The molecule has 2 fully saturated rings. The maximum Gasteiger partial charge on any atom is 0.115 e. The zero-order valence-corrected chi connectivity index (χ0v) is 17.4. The molecule has 28 heavy (non-hydrogen) atoms. The number of aryl methyl sites for hydroxylation is 3. The smallest absolute Gasteiger partial charge is 0.115 e. The summed E-state index contributed by atoms with van der Waals surface area (Å²) < 4.78 is 0. The number of phenols is 1. The van der Waals surface area contributed by atoms with E-state index in [1.165, 1.54) is 74.0 Å². The zero-order valence-electron chi connectivity index (χ0n) is 17.4. The Morgan fingerprint density at radius 1 is 0.964 bits per heavy atom. The molecule has 3 aliphatic rings. The quantitative estimate of drug-likeness (QED) is 0.786. The number of aromatic hydroxyl groups is 1. The lowest BCUT2D eigenvalue weighted by molar-refractivity contribution is 0.00751. The third-order valence-corrected chi connectivity index (χ3v) is 8.42. The Hall–Kier alpha value is -1.80. The van der Waals surface area contributed by atoms with Gasteiger partial charge in [-0.1, -0.05) is 30.7 Å². The van der Waals surface area contributed by atoms with Crippen molar-refractivity contribution in [3.8, 4) is 5.75 Å². The molecule has 0 radical (unpaired) electrons. The largest absolute Gasteiger partial charge is 0.508 e. The minimum Gasteiger partial charge on any atom is -0.508 e. The fourth-order valence-electron chi connectivity index (χ4n) is 6.77. The molecular weight excluding hydrogens is 342 g/mol. The number of nitrogens with zero attached hydrogens (tertiary/aromatic N) is 1. The van der Waals surface area contributed by atoms with E-state index in [0.717, 1.165) is 12.8 Å². The molecule has 0 spiro atoms. The maximum atomic E-state index is 9.97. The van der Waals surface area contributed by atoms with E-state index in [1.54, 1.807) is 5.56 Å². The zero-order chi connectivity index (χ0) is 19.4. The lowest BCUT2D eigenvalue weighted by Gasteiger charge is -2.57. The number of hydrogen-bond donors (Lipinski definition) is 1. The molecule has 2 atom stereocenters. The van der Waals surface area contributed by atoms with Gasteiger partial charge in [-0.3, -0.25) is 0 Å². The van der Waals surface area contributed by atoms with Gasteiger partial charge in [0.2, 0.25) is 0 Å². The van der Waals surface area contributed by atoms with Crippen LogP contribution in [0.1, 0.15) is 59.9 Å². The van der Waals surface area contributed by atoms with Crippen molar-refractivity contribution in [1.29, 1.82) is 0 Å². The monoisotopic (exact) mass is 375 g/mol. The van der Waals surface area contributed by atoms with E-state index in [9.17, 15) is 5.11 Å². The standard InChI is InChI=1S/C26H33NO/c1-19-4-5-21(16-20(19)2)9-14-27-15-13-26-11-3-10-25(26,18-27)12-8-22-17-23(28)6-7-24(22)26/h4-7,16-17,28H,3,8-15,18H2,1-2H3. The predicted octanol–water partition coefficient (Wildman–Crippen LogP) is 5.31. The lowest BCUT2D eigenvalue weighted by atomic mass is 9.52.